The Kier molecular flexibility index (Phi) is 13.3. The third-order valence-corrected chi connectivity index (χ3v) is 19.3. The van der Waals surface area contributed by atoms with E-state index in [2.05, 4.69) is 374 Å². The second-order valence-electron chi connectivity index (χ2n) is 24.9. The van der Waals surface area contributed by atoms with E-state index in [4.69, 9.17) is 0 Å². The Morgan fingerprint density at radius 2 is 0.415 bits per heavy atom. The minimum absolute atomic E-state index is 1.08. The van der Waals surface area contributed by atoms with E-state index >= 15 is 0 Å². The van der Waals surface area contributed by atoms with Gasteiger partial charge in [0.1, 0.15) is 0 Å². The van der Waals surface area contributed by atoms with Gasteiger partial charge < -0.3 is 9.80 Å². The highest BCUT2D eigenvalue weighted by Crippen LogP contribution is 2.44. The lowest BCUT2D eigenvalue weighted by molar-refractivity contribution is 1.28. The monoisotopic (exact) mass is 1190 g/mol. The van der Waals surface area contributed by atoms with Crippen LogP contribution < -0.4 is 9.80 Å². The van der Waals surface area contributed by atoms with E-state index in [0.29, 0.717) is 0 Å². The Morgan fingerprint density at radius 3 is 0.904 bits per heavy atom. The molecule has 0 spiro atoms. The van der Waals surface area contributed by atoms with Gasteiger partial charge in [-0.3, -0.25) is 0 Å². The number of para-hydroxylation sites is 1. The summed E-state index contributed by atoms with van der Waals surface area (Å²) in [4.78, 5) is 4.77. The average molecular weight is 1190 g/mol. The molecule has 2 heteroatoms. The highest BCUT2D eigenvalue weighted by atomic mass is 15.1. The Hall–Kier alpha value is -12.4. The van der Waals surface area contributed by atoms with Gasteiger partial charge >= 0.3 is 0 Å². The van der Waals surface area contributed by atoms with Crippen LogP contribution >= 0.6 is 0 Å². The quantitative estimate of drug-likeness (QED) is 0.119. The summed E-state index contributed by atoms with van der Waals surface area (Å²) in [6.45, 7) is 0. The van der Waals surface area contributed by atoms with Crippen molar-refractivity contribution in [2.75, 3.05) is 9.80 Å². The summed E-state index contributed by atoms with van der Waals surface area (Å²) in [6, 6.07) is 134. The molecule has 0 amide bonds. The average Bonchev–Trinajstić information content (AvgIpc) is 0.852. The summed E-state index contributed by atoms with van der Waals surface area (Å²) in [6.07, 6.45) is 0. The molecule has 0 aromatic heterocycles. The maximum absolute atomic E-state index is 2.39. The fourth-order valence-corrected chi connectivity index (χ4v) is 14.6. The smallest absolute Gasteiger partial charge is 0.0468 e. The van der Waals surface area contributed by atoms with Crippen molar-refractivity contribution in [1.82, 2.24) is 0 Å². The number of benzene rings is 18. The lowest BCUT2D eigenvalue weighted by Crippen LogP contribution is -2.10. The topological polar surface area (TPSA) is 6.48 Å². The Labute approximate surface area is 546 Å². The molecule has 0 aliphatic heterocycles. The van der Waals surface area contributed by atoms with Crippen molar-refractivity contribution < 1.29 is 0 Å². The van der Waals surface area contributed by atoms with Crippen LogP contribution in [-0.2, 0) is 0 Å². The van der Waals surface area contributed by atoms with Gasteiger partial charge in [-0.2, -0.15) is 0 Å². The third-order valence-electron chi connectivity index (χ3n) is 19.3. The maximum atomic E-state index is 2.39. The second kappa shape index (κ2) is 22.8. The first-order valence-corrected chi connectivity index (χ1v) is 32.4. The molecular formula is C92H60N2. The van der Waals surface area contributed by atoms with Gasteiger partial charge in [-0.05, 0) is 257 Å². The molecule has 0 saturated carbocycles. The van der Waals surface area contributed by atoms with E-state index in [0.717, 1.165) is 50.8 Å². The van der Waals surface area contributed by atoms with Crippen molar-refractivity contribution in [3.8, 4) is 55.6 Å². The van der Waals surface area contributed by atoms with Crippen molar-refractivity contribution in [3.63, 3.8) is 0 Å². The lowest BCUT2D eigenvalue weighted by Gasteiger charge is -2.27. The standard InChI is InChI=1S/C92H60N2/c1-2-22-79(23-3-1)93(81-24-14-20-64(56-81)67-34-35-72-54-78(41-39-70(72)51-67)92-60-76-19-7-9-27-86(76)88-29-11-13-31-90(88)92)82-25-15-21-65(57-82)68-36-37-74-58-84(49-45-73(74)52-68)94(83-48-44-61-16-4-5-17-63(61)55-83)80-46-42-62(43-47-80)66-32-33-71-53-77(40-38-69(71)50-66)91-59-75-18-6-8-26-85(75)87-28-10-12-30-89(87)91/h1-60H. The minimum atomic E-state index is 1.08. The van der Waals surface area contributed by atoms with E-state index in [1.165, 1.54) is 125 Å². The van der Waals surface area contributed by atoms with E-state index < -0.39 is 0 Å². The number of nitrogens with zero attached hydrogens (tertiary/aromatic N) is 2. The largest absolute Gasteiger partial charge is 0.310 e. The van der Waals surface area contributed by atoms with Crippen LogP contribution in [0.15, 0.2) is 364 Å². The van der Waals surface area contributed by atoms with Crippen molar-refractivity contribution in [3.05, 3.63) is 364 Å². The lowest BCUT2D eigenvalue weighted by atomic mass is 9.92. The molecule has 0 bridgehead atoms. The molecule has 438 valence electrons. The zero-order chi connectivity index (χ0) is 62.1. The van der Waals surface area contributed by atoms with Crippen molar-refractivity contribution in [1.29, 1.82) is 0 Å². The van der Waals surface area contributed by atoms with E-state index in [1.807, 2.05) is 0 Å². The molecule has 94 heavy (non-hydrogen) atoms. The summed E-state index contributed by atoms with van der Waals surface area (Å²) in [5, 5.41) is 19.8. The van der Waals surface area contributed by atoms with Gasteiger partial charge in [0.15, 0.2) is 0 Å². The van der Waals surface area contributed by atoms with Crippen LogP contribution in [0.1, 0.15) is 0 Å². The maximum Gasteiger partial charge on any atom is 0.0468 e. The minimum Gasteiger partial charge on any atom is -0.310 e. The molecule has 0 N–H and O–H groups in total. The molecule has 0 fully saturated rings. The Balaban J connectivity index is 0.641. The molecule has 0 aliphatic carbocycles. The first-order valence-electron chi connectivity index (χ1n) is 32.4. The van der Waals surface area contributed by atoms with Gasteiger partial charge in [-0.15, -0.1) is 0 Å². The van der Waals surface area contributed by atoms with Gasteiger partial charge in [0.05, 0.1) is 0 Å². The van der Waals surface area contributed by atoms with Crippen LogP contribution in [-0.4, -0.2) is 0 Å². The molecule has 0 unspecified atom stereocenters. The first kappa shape index (κ1) is 54.6. The summed E-state index contributed by atoms with van der Waals surface area (Å²) >= 11 is 0. The van der Waals surface area contributed by atoms with E-state index in [9.17, 15) is 0 Å². The van der Waals surface area contributed by atoms with Gasteiger partial charge in [0, 0.05) is 34.1 Å². The number of anilines is 6. The fourth-order valence-electron chi connectivity index (χ4n) is 14.6. The molecule has 0 heterocycles. The number of hydrogen-bond donors (Lipinski definition) is 0. The highest BCUT2D eigenvalue weighted by molar-refractivity contribution is 6.16. The van der Waals surface area contributed by atoms with E-state index in [-0.39, 0.29) is 0 Å². The van der Waals surface area contributed by atoms with Crippen LogP contribution in [0.2, 0.25) is 0 Å². The molecule has 18 rings (SSSR count). The summed E-state index contributed by atoms with van der Waals surface area (Å²) in [7, 11) is 0. The Bertz CT molecular complexity index is 6000. The molecule has 18 aromatic carbocycles. The van der Waals surface area contributed by atoms with Gasteiger partial charge in [-0.25, -0.2) is 0 Å². The number of fused-ring (bicyclic) bond motifs is 10. The van der Waals surface area contributed by atoms with Crippen LogP contribution in [0.25, 0.3) is 142 Å². The first-order chi connectivity index (χ1) is 46.5. The van der Waals surface area contributed by atoms with Crippen LogP contribution in [0.3, 0.4) is 0 Å². The molecule has 0 aliphatic rings. The molecule has 0 radical (unpaired) electrons. The number of hydrogen-bond acceptors (Lipinski definition) is 2. The van der Waals surface area contributed by atoms with Crippen molar-refractivity contribution in [2.24, 2.45) is 0 Å². The van der Waals surface area contributed by atoms with E-state index in [1.54, 1.807) is 0 Å². The third kappa shape index (κ3) is 9.85. The zero-order valence-electron chi connectivity index (χ0n) is 51.5. The predicted octanol–water partition coefficient (Wildman–Crippen LogP) is 26.2. The molecule has 0 atom stereocenters. The fraction of sp³-hybridized carbons (Fsp3) is 0. The SMILES string of the molecule is c1ccc(N(c2cccc(-c3ccc4cc(-c5cc6ccccc6c6ccccc56)ccc4c3)c2)c2cccc(-c3ccc4cc(N(c5ccc(-c6ccc7cc(-c8cc9ccccc9c9ccccc89)ccc7c6)cc5)c5ccc6ccccc6c5)ccc4c3)c2)cc1. The highest BCUT2D eigenvalue weighted by Gasteiger charge is 2.19. The summed E-state index contributed by atoms with van der Waals surface area (Å²) in [5.74, 6) is 0. The summed E-state index contributed by atoms with van der Waals surface area (Å²) < 4.78 is 0. The second-order valence-corrected chi connectivity index (χ2v) is 24.9. The van der Waals surface area contributed by atoms with Gasteiger partial charge in [0.2, 0.25) is 0 Å². The predicted molar refractivity (Wildman–Crippen MR) is 403 cm³/mol. The van der Waals surface area contributed by atoms with Gasteiger partial charge in [0.25, 0.3) is 0 Å². The van der Waals surface area contributed by atoms with Crippen LogP contribution in [0.4, 0.5) is 34.1 Å². The summed E-state index contributed by atoms with van der Waals surface area (Å²) in [5.41, 5.74) is 18.5. The van der Waals surface area contributed by atoms with Crippen LogP contribution in [0, 0.1) is 0 Å². The molecular weight excluding hydrogens is 1130 g/mol. The normalized spacial score (nSPS) is 11.6. The molecule has 2 nitrogen and oxygen atoms in total. The van der Waals surface area contributed by atoms with Crippen molar-refractivity contribution in [2.45, 2.75) is 0 Å². The molecule has 18 aromatic rings. The number of rotatable bonds is 11. The van der Waals surface area contributed by atoms with Crippen molar-refractivity contribution >= 4 is 120 Å². The molecule has 0 saturated heterocycles. The Morgan fingerprint density at radius 1 is 0.128 bits per heavy atom. The zero-order valence-corrected chi connectivity index (χ0v) is 51.5. The van der Waals surface area contributed by atoms with Crippen LogP contribution in [0.5, 0.6) is 0 Å². The van der Waals surface area contributed by atoms with Gasteiger partial charge in [-0.1, -0.05) is 249 Å².